The molecule has 1 fully saturated rings. The number of amides is 1. The fourth-order valence-corrected chi connectivity index (χ4v) is 2.99. The molecule has 2 aromatic carbocycles. The third-order valence-electron chi connectivity index (χ3n) is 4.42. The largest absolute Gasteiger partial charge is 0.445 e. The maximum absolute atomic E-state index is 12.2. The first-order valence-electron chi connectivity index (χ1n) is 8.59. The van der Waals surface area contributed by atoms with Crippen molar-refractivity contribution in [3.63, 3.8) is 0 Å². The molecule has 136 valence electrons. The van der Waals surface area contributed by atoms with Crippen molar-refractivity contribution in [3.8, 4) is 0 Å². The maximum atomic E-state index is 12.2. The quantitative estimate of drug-likeness (QED) is 0.651. The van der Waals surface area contributed by atoms with E-state index in [4.69, 9.17) is 4.74 Å². The molecule has 0 radical (unpaired) electrons. The van der Waals surface area contributed by atoms with Crippen molar-refractivity contribution >= 4 is 17.5 Å². The molecule has 0 spiro atoms. The van der Waals surface area contributed by atoms with Gasteiger partial charge >= 0.3 is 6.09 Å². The first-order valence-corrected chi connectivity index (χ1v) is 8.59. The fraction of sp³-hybridized carbons (Fsp3) is 0.316. The Morgan fingerprint density at radius 2 is 1.77 bits per heavy atom. The molecule has 0 aromatic heterocycles. The summed E-state index contributed by atoms with van der Waals surface area (Å²) in [6.07, 6.45) is 1.11. The highest BCUT2D eigenvalue weighted by Crippen LogP contribution is 2.26. The minimum Gasteiger partial charge on any atom is -0.445 e. The Morgan fingerprint density at radius 3 is 2.46 bits per heavy atom. The van der Waals surface area contributed by atoms with Gasteiger partial charge in [-0.25, -0.2) is 4.79 Å². The number of ether oxygens (including phenoxy) is 1. The number of nitrogens with one attached hydrogen (secondary N) is 1. The van der Waals surface area contributed by atoms with E-state index in [9.17, 15) is 14.9 Å². The number of para-hydroxylation sites is 2. The van der Waals surface area contributed by atoms with Crippen molar-refractivity contribution in [1.82, 2.24) is 4.90 Å². The van der Waals surface area contributed by atoms with Gasteiger partial charge in [0.1, 0.15) is 12.3 Å². The smallest absolute Gasteiger partial charge is 0.410 e. The minimum absolute atomic E-state index is 0.0669. The number of hydrogen-bond donors (Lipinski definition) is 1. The zero-order valence-corrected chi connectivity index (χ0v) is 14.3. The molecule has 1 N–H and O–H groups in total. The van der Waals surface area contributed by atoms with Crippen LogP contribution in [0.4, 0.5) is 16.2 Å². The summed E-state index contributed by atoms with van der Waals surface area (Å²) in [6, 6.07) is 16.3. The summed E-state index contributed by atoms with van der Waals surface area (Å²) in [5.74, 6) is 0. The number of hydrogen-bond acceptors (Lipinski definition) is 5. The summed E-state index contributed by atoms with van der Waals surface area (Å²) in [7, 11) is 0. The second kappa shape index (κ2) is 8.33. The van der Waals surface area contributed by atoms with E-state index in [1.165, 1.54) is 6.07 Å². The van der Waals surface area contributed by atoms with Crippen molar-refractivity contribution in [3.05, 3.63) is 70.3 Å². The third kappa shape index (κ3) is 4.50. The van der Waals surface area contributed by atoms with Gasteiger partial charge in [-0.15, -0.1) is 0 Å². The second-order valence-corrected chi connectivity index (χ2v) is 6.22. The summed E-state index contributed by atoms with van der Waals surface area (Å²) in [4.78, 5) is 24.6. The lowest BCUT2D eigenvalue weighted by Gasteiger charge is -2.32. The second-order valence-electron chi connectivity index (χ2n) is 6.22. The van der Waals surface area contributed by atoms with Crippen LogP contribution in [0.5, 0.6) is 0 Å². The lowest BCUT2D eigenvalue weighted by Crippen LogP contribution is -2.42. The van der Waals surface area contributed by atoms with Gasteiger partial charge in [0.15, 0.2) is 0 Å². The van der Waals surface area contributed by atoms with Gasteiger partial charge in [-0.3, -0.25) is 10.1 Å². The van der Waals surface area contributed by atoms with Crippen molar-refractivity contribution in [1.29, 1.82) is 0 Å². The molecule has 0 aliphatic carbocycles. The van der Waals surface area contributed by atoms with Gasteiger partial charge in [-0.2, -0.15) is 0 Å². The SMILES string of the molecule is O=C(OCc1ccccc1)N1CCC(Nc2ccccc2[N+](=O)[O-])CC1. The molecule has 26 heavy (non-hydrogen) atoms. The van der Waals surface area contributed by atoms with Crippen LogP contribution in [0.2, 0.25) is 0 Å². The van der Waals surface area contributed by atoms with E-state index in [0.29, 0.717) is 31.6 Å². The van der Waals surface area contributed by atoms with Crippen LogP contribution in [0.15, 0.2) is 54.6 Å². The fourth-order valence-electron chi connectivity index (χ4n) is 2.99. The highest BCUT2D eigenvalue weighted by atomic mass is 16.6. The predicted octanol–water partition coefficient (Wildman–Crippen LogP) is 3.81. The van der Waals surface area contributed by atoms with Crippen LogP contribution >= 0.6 is 0 Å². The van der Waals surface area contributed by atoms with Crippen molar-refractivity contribution in [2.75, 3.05) is 18.4 Å². The topological polar surface area (TPSA) is 84.7 Å². The number of benzene rings is 2. The number of nitro benzene ring substituents is 1. The van der Waals surface area contributed by atoms with Gasteiger partial charge in [0.2, 0.25) is 0 Å². The predicted molar refractivity (Wildman–Crippen MR) is 97.9 cm³/mol. The van der Waals surface area contributed by atoms with Gasteiger partial charge in [0.05, 0.1) is 4.92 Å². The van der Waals surface area contributed by atoms with Gasteiger partial charge in [0.25, 0.3) is 5.69 Å². The van der Waals surface area contributed by atoms with Crippen LogP contribution in [0.3, 0.4) is 0 Å². The molecule has 0 atom stereocenters. The highest BCUT2D eigenvalue weighted by molar-refractivity contribution is 5.68. The summed E-state index contributed by atoms with van der Waals surface area (Å²) in [5.41, 5.74) is 1.54. The first kappa shape index (κ1) is 17.7. The van der Waals surface area contributed by atoms with Crippen molar-refractivity contribution < 1.29 is 14.5 Å². The highest BCUT2D eigenvalue weighted by Gasteiger charge is 2.25. The number of nitro groups is 1. The Bertz CT molecular complexity index is 758. The third-order valence-corrected chi connectivity index (χ3v) is 4.42. The molecule has 0 bridgehead atoms. The molecule has 1 aliphatic heterocycles. The molecule has 1 heterocycles. The summed E-state index contributed by atoms with van der Waals surface area (Å²) < 4.78 is 5.35. The van der Waals surface area contributed by atoms with E-state index in [1.807, 2.05) is 30.3 Å². The van der Waals surface area contributed by atoms with E-state index in [0.717, 1.165) is 5.56 Å². The van der Waals surface area contributed by atoms with Crippen LogP contribution in [0.25, 0.3) is 0 Å². The Morgan fingerprint density at radius 1 is 1.12 bits per heavy atom. The van der Waals surface area contributed by atoms with E-state index in [-0.39, 0.29) is 24.4 Å². The van der Waals surface area contributed by atoms with Gasteiger partial charge in [0, 0.05) is 25.2 Å². The summed E-state index contributed by atoms with van der Waals surface area (Å²) >= 11 is 0. The molecule has 2 aromatic rings. The summed E-state index contributed by atoms with van der Waals surface area (Å²) in [6.45, 7) is 1.38. The monoisotopic (exact) mass is 355 g/mol. The van der Waals surface area contributed by atoms with E-state index in [2.05, 4.69) is 5.32 Å². The van der Waals surface area contributed by atoms with Crippen LogP contribution in [0, 0.1) is 10.1 Å². The number of rotatable bonds is 5. The summed E-state index contributed by atoms with van der Waals surface area (Å²) in [5, 5.41) is 14.3. The molecule has 1 saturated heterocycles. The number of carbonyl (C=O) groups excluding carboxylic acids is 1. The lowest BCUT2D eigenvalue weighted by molar-refractivity contribution is -0.384. The van der Waals surface area contributed by atoms with Gasteiger partial charge in [-0.1, -0.05) is 42.5 Å². The number of nitrogens with zero attached hydrogens (tertiary/aromatic N) is 2. The molecular weight excluding hydrogens is 334 g/mol. The maximum Gasteiger partial charge on any atom is 0.410 e. The van der Waals surface area contributed by atoms with Crippen LogP contribution < -0.4 is 5.32 Å². The molecule has 0 unspecified atom stereocenters. The molecule has 7 heteroatoms. The number of piperidine rings is 1. The standard InChI is InChI=1S/C19H21N3O4/c23-19(26-14-15-6-2-1-3-7-15)21-12-10-16(11-13-21)20-17-8-4-5-9-18(17)22(24)25/h1-9,16,20H,10-14H2. The van der Waals surface area contributed by atoms with Crippen LogP contribution in [0.1, 0.15) is 18.4 Å². The van der Waals surface area contributed by atoms with Crippen molar-refractivity contribution in [2.45, 2.75) is 25.5 Å². The molecule has 7 nitrogen and oxygen atoms in total. The normalized spacial score (nSPS) is 14.7. The van der Waals surface area contributed by atoms with Crippen molar-refractivity contribution in [2.24, 2.45) is 0 Å². The van der Waals surface area contributed by atoms with E-state index in [1.54, 1.807) is 23.1 Å². The minimum atomic E-state index is -0.390. The molecule has 1 amide bonds. The van der Waals surface area contributed by atoms with Crippen LogP contribution in [-0.4, -0.2) is 35.0 Å². The Labute approximate surface area is 151 Å². The molecule has 3 rings (SSSR count). The number of likely N-dealkylation sites (tertiary alicyclic amines) is 1. The zero-order chi connectivity index (χ0) is 18.4. The van der Waals surface area contributed by atoms with Gasteiger partial charge < -0.3 is 15.0 Å². The Kier molecular flexibility index (Phi) is 5.68. The van der Waals surface area contributed by atoms with Crippen LogP contribution in [-0.2, 0) is 11.3 Å². The Hall–Kier alpha value is -3.09. The average Bonchev–Trinajstić information content (AvgIpc) is 2.68. The molecule has 0 saturated carbocycles. The molecular formula is C19H21N3O4. The van der Waals surface area contributed by atoms with E-state index < -0.39 is 4.92 Å². The average molecular weight is 355 g/mol. The molecule has 1 aliphatic rings. The number of anilines is 1. The Balaban J connectivity index is 1.48. The lowest BCUT2D eigenvalue weighted by atomic mass is 10.0. The number of carbonyl (C=O) groups is 1. The van der Waals surface area contributed by atoms with E-state index >= 15 is 0 Å². The van der Waals surface area contributed by atoms with Gasteiger partial charge in [-0.05, 0) is 24.5 Å². The first-order chi connectivity index (χ1) is 12.6. The zero-order valence-electron chi connectivity index (χ0n) is 14.3.